The minimum atomic E-state index is 0.134. The Balaban J connectivity index is 2.75. The Morgan fingerprint density at radius 1 is 1.47 bits per heavy atom. The molecule has 1 aromatic rings. The van der Waals surface area contributed by atoms with Crippen LogP contribution in [0.4, 0.5) is 0 Å². The Labute approximate surface area is 119 Å². The number of rotatable bonds is 5. The Morgan fingerprint density at radius 2 is 2.11 bits per heavy atom. The minimum Gasteiger partial charge on any atom is -0.383 e. The number of nitrogens with zero attached hydrogens (tertiary/aromatic N) is 2. The van der Waals surface area contributed by atoms with E-state index in [0.29, 0.717) is 19.1 Å². The highest BCUT2D eigenvalue weighted by molar-refractivity contribution is 6.30. The summed E-state index contributed by atoms with van der Waals surface area (Å²) in [5.74, 6) is 6.14. The normalized spacial score (nSPS) is 13.2. The minimum absolute atomic E-state index is 0.134. The number of hydrogen-bond acceptors (Lipinski definition) is 3. The molecule has 0 bridgehead atoms. The van der Waals surface area contributed by atoms with Gasteiger partial charge >= 0.3 is 0 Å². The molecule has 19 heavy (non-hydrogen) atoms. The summed E-state index contributed by atoms with van der Waals surface area (Å²) in [5, 5.41) is 0.726. The monoisotopic (exact) mass is 284 g/mol. The van der Waals surface area contributed by atoms with E-state index < -0.39 is 0 Å². The molecule has 1 unspecified atom stereocenters. The summed E-state index contributed by atoms with van der Waals surface area (Å²) in [5.41, 5.74) is 3.76. The van der Waals surface area contributed by atoms with Crippen molar-refractivity contribution in [1.82, 2.24) is 10.3 Å². The standard InChI is InChI=1S/C13H21ClN4O/c1-10(11-4-6-12(14)7-5-11)18(2)13(17-15)16-8-9-19-3/h4-7,10H,8-9,15H2,1-3H3,(H,16,17). The number of nitrogens with two attached hydrogens (primary N) is 1. The van der Waals surface area contributed by atoms with E-state index in [0.717, 1.165) is 10.6 Å². The molecule has 0 aromatic heterocycles. The van der Waals surface area contributed by atoms with Gasteiger partial charge in [0.15, 0.2) is 0 Å². The first-order valence-corrected chi connectivity index (χ1v) is 6.46. The molecular weight excluding hydrogens is 264 g/mol. The third-order valence-electron chi connectivity index (χ3n) is 2.95. The maximum atomic E-state index is 5.89. The summed E-state index contributed by atoms with van der Waals surface area (Å²) < 4.78 is 4.97. The summed E-state index contributed by atoms with van der Waals surface area (Å²) in [6, 6.07) is 7.87. The molecule has 1 atom stereocenters. The van der Waals surface area contributed by atoms with E-state index in [4.69, 9.17) is 22.2 Å². The molecule has 3 N–H and O–H groups in total. The van der Waals surface area contributed by atoms with Crippen LogP contribution in [0.3, 0.4) is 0 Å². The van der Waals surface area contributed by atoms with Crippen LogP contribution in [-0.4, -0.2) is 38.2 Å². The molecule has 5 nitrogen and oxygen atoms in total. The fourth-order valence-corrected chi connectivity index (χ4v) is 1.78. The lowest BCUT2D eigenvalue weighted by molar-refractivity contribution is 0.207. The largest absolute Gasteiger partial charge is 0.383 e. The summed E-state index contributed by atoms with van der Waals surface area (Å²) in [6.45, 7) is 3.20. The number of hydrazine groups is 1. The van der Waals surface area contributed by atoms with Crippen LogP contribution in [0.15, 0.2) is 29.3 Å². The predicted octanol–water partition coefficient (Wildman–Crippen LogP) is 1.80. The number of aliphatic imine (C=N–C) groups is 1. The molecule has 0 saturated heterocycles. The zero-order valence-electron chi connectivity index (χ0n) is 11.6. The Hall–Kier alpha value is -1.30. The summed E-state index contributed by atoms with van der Waals surface area (Å²) in [6.07, 6.45) is 0. The van der Waals surface area contributed by atoms with Crippen LogP contribution in [0, 0.1) is 0 Å². The highest BCUT2D eigenvalue weighted by Crippen LogP contribution is 2.20. The Morgan fingerprint density at radius 3 is 2.63 bits per heavy atom. The highest BCUT2D eigenvalue weighted by atomic mass is 35.5. The number of halogens is 1. The first-order chi connectivity index (χ1) is 9.10. The van der Waals surface area contributed by atoms with Crippen LogP contribution in [0.1, 0.15) is 18.5 Å². The van der Waals surface area contributed by atoms with Gasteiger partial charge in [-0.3, -0.25) is 5.43 Å². The number of hydrogen-bond donors (Lipinski definition) is 2. The summed E-state index contributed by atoms with van der Waals surface area (Å²) >= 11 is 5.89. The van der Waals surface area contributed by atoms with Crippen LogP contribution >= 0.6 is 11.6 Å². The van der Waals surface area contributed by atoms with E-state index in [-0.39, 0.29) is 6.04 Å². The quantitative estimate of drug-likeness (QED) is 0.285. The van der Waals surface area contributed by atoms with Crippen molar-refractivity contribution in [3.63, 3.8) is 0 Å². The zero-order chi connectivity index (χ0) is 14.3. The topological polar surface area (TPSA) is 62.9 Å². The van der Waals surface area contributed by atoms with E-state index >= 15 is 0 Å². The Bertz CT molecular complexity index is 408. The van der Waals surface area contributed by atoms with Gasteiger partial charge in [0.25, 0.3) is 0 Å². The SMILES string of the molecule is COCCN=C(NN)N(C)C(C)c1ccc(Cl)cc1. The number of methoxy groups -OCH3 is 1. The molecule has 0 aliphatic carbocycles. The van der Waals surface area contributed by atoms with Crippen molar-refractivity contribution in [3.05, 3.63) is 34.9 Å². The molecule has 0 heterocycles. The fourth-order valence-electron chi connectivity index (χ4n) is 1.65. The first kappa shape index (κ1) is 15.8. The summed E-state index contributed by atoms with van der Waals surface area (Å²) in [7, 11) is 3.58. The maximum absolute atomic E-state index is 5.89. The average molecular weight is 285 g/mol. The molecule has 0 aliphatic rings. The first-order valence-electron chi connectivity index (χ1n) is 6.08. The molecule has 0 saturated carbocycles. The molecule has 0 aliphatic heterocycles. The van der Waals surface area contributed by atoms with Crippen molar-refractivity contribution < 1.29 is 4.74 Å². The fraction of sp³-hybridized carbons (Fsp3) is 0.462. The lowest BCUT2D eigenvalue weighted by atomic mass is 10.1. The Kier molecular flexibility index (Phi) is 6.62. The molecule has 1 rings (SSSR count). The van der Waals surface area contributed by atoms with Gasteiger partial charge in [0.2, 0.25) is 5.96 Å². The number of guanidine groups is 1. The van der Waals surface area contributed by atoms with Crippen molar-refractivity contribution in [2.24, 2.45) is 10.8 Å². The molecule has 1 aromatic carbocycles. The van der Waals surface area contributed by atoms with Gasteiger partial charge in [0, 0.05) is 19.2 Å². The number of benzene rings is 1. The predicted molar refractivity (Wildman–Crippen MR) is 79.1 cm³/mol. The van der Waals surface area contributed by atoms with Crippen LogP contribution in [0.5, 0.6) is 0 Å². The van der Waals surface area contributed by atoms with Gasteiger partial charge in [-0.1, -0.05) is 23.7 Å². The molecule has 0 amide bonds. The molecule has 6 heteroatoms. The molecule has 0 spiro atoms. The van der Waals surface area contributed by atoms with Crippen LogP contribution < -0.4 is 11.3 Å². The van der Waals surface area contributed by atoms with Gasteiger partial charge in [-0.15, -0.1) is 0 Å². The maximum Gasteiger partial charge on any atom is 0.208 e. The van der Waals surface area contributed by atoms with E-state index in [2.05, 4.69) is 17.3 Å². The lowest BCUT2D eigenvalue weighted by Crippen LogP contribution is -2.44. The van der Waals surface area contributed by atoms with Gasteiger partial charge in [-0.25, -0.2) is 10.8 Å². The highest BCUT2D eigenvalue weighted by Gasteiger charge is 2.14. The van der Waals surface area contributed by atoms with Crippen LogP contribution in [0.25, 0.3) is 0 Å². The van der Waals surface area contributed by atoms with E-state index in [1.165, 1.54) is 0 Å². The second kappa shape index (κ2) is 7.99. The van der Waals surface area contributed by atoms with Gasteiger partial charge in [0.1, 0.15) is 0 Å². The van der Waals surface area contributed by atoms with Crippen molar-refractivity contribution in [3.8, 4) is 0 Å². The van der Waals surface area contributed by atoms with Gasteiger partial charge in [-0.05, 0) is 24.6 Å². The van der Waals surface area contributed by atoms with E-state index in [1.807, 2.05) is 36.2 Å². The van der Waals surface area contributed by atoms with E-state index in [1.54, 1.807) is 7.11 Å². The molecular formula is C13H21ClN4O. The number of nitrogens with one attached hydrogen (secondary N) is 1. The summed E-state index contributed by atoms with van der Waals surface area (Å²) in [4.78, 5) is 6.32. The average Bonchev–Trinajstić information content (AvgIpc) is 2.43. The smallest absolute Gasteiger partial charge is 0.208 e. The van der Waals surface area contributed by atoms with Crippen molar-refractivity contribution in [2.75, 3.05) is 27.3 Å². The van der Waals surface area contributed by atoms with Gasteiger partial charge in [-0.2, -0.15) is 0 Å². The molecule has 106 valence electrons. The molecule has 0 radical (unpaired) electrons. The van der Waals surface area contributed by atoms with Gasteiger partial charge in [0.05, 0.1) is 19.2 Å². The van der Waals surface area contributed by atoms with Crippen LogP contribution in [-0.2, 0) is 4.74 Å². The van der Waals surface area contributed by atoms with Crippen molar-refractivity contribution in [2.45, 2.75) is 13.0 Å². The van der Waals surface area contributed by atoms with Gasteiger partial charge < -0.3 is 9.64 Å². The van der Waals surface area contributed by atoms with E-state index in [9.17, 15) is 0 Å². The third-order valence-corrected chi connectivity index (χ3v) is 3.21. The lowest BCUT2D eigenvalue weighted by Gasteiger charge is -2.28. The van der Waals surface area contributed by atoms with Crippen molar-refractivity contribution in [1.29, 1.82) is 0 Å². The second-order valence-electron chi connectivity index (χ2n) is 4.18. The second-order valence-corrected chi connectivity index (χ2v) is 4.62. The van der Waals surface area contributed by atoms with Crippen LogP contribution in [0.2, 0.25) is 5.02 Å². The number of ether oxygens (including phenoxy) is 1. The molecule has 0 fully saturated rings. The van der Waals surface area contributed by atoms with Crippen molar-refractivity contribution >= 4 is 17.6 Å². The zero-order valence-corrected chi connectivity index (χ0v) is 12.3. The third kappa shape index (κ3) is 4.70.